The van der Waals surface area contributed by atoms with Crippen molar-refractivity contribution in [3.05, 3.63) is 95.7 Å². The van der Waals surface area contributed by atoms with Gasteiger partial charge in [0.05, 0.1) is 6.42 Å². The Labute approximate surface area is 192 Å². The maximum Gasteiger partial charge on any atom is 0.291 e. The van der Waals surface area contributed by atoms with Crippen LogP contribution in [-0.2, 0) is 17.8 Å². The quantitative estimate of drug-likeness (QED) is 0.386. The highest BCUT2D eigenvalue weighted by Crippen LogP contribution is 2.28. The van der Waals surface area contributed by atoms with Gasteiger partial charge in [0, 0.05) is 22.7 Å². The predicted octanol–water partition coefficient (Wildman–Crippen LogP) is 5.33. The van der Waals surface area contributed by atoms with Crippen molar-refractivity contribution in [3.8, 4) is 5.75 Å². The van der Waals surface area contributed by atoms with Gasteiger partial charge in [-0.3, -0.25) is 9.59 Å². The summed E-state index contributed by atoms with van der Waals surface area (Å²) in [5, 5.41) is 6.59. The first-order valence-corrected chi connectivity index (χ1v) is 10.9. The number of para-hydroxylation sites is 2. The normalized spacial score (nSPS) is 10.9. The van der Waals surface area contributed by atoms with Crippen molar-refractivity contribution >= 4 is 28.5 Å². The Morgan fingerprint density at radius 3 is 2.33 bits per heavy atom. The molecule has 0 unspecified atom stereocenters. The van der Waals surface area contributed by atoms with E-state index in [1.54, 1.807) is 12.1 Å². The van der Waals surface area contributed by atoms with Crippen LogP contribution in [-0.4, -0.2) is 17.9 Å². The lowest BCUT2D eigenvalue weighted by molar-refractivity contribution is -0.120. The minimum absolute atomic E-state index is 0.0351. The number of hydrogen-bond acceptors (Lipinski definition) is 4. The van der Waals surface area contributed by atoms with Gasteiger partial charge in [-0.15, -0.1) is 0 Å². The van der Waals surface area contributed by atoms with Crippen LogP contribution in [0.25, 0.3) is 11.0 Å². The molecule has 0 aliphatic rings. The third kappa shape index (κ3) is 5.60. The summed E-state index contributed by atoms with van der Waals surface area (Å²) in [7, 11) is 0. The van der Waals surface area contributed by atoms with Crippen LogP contribution in [0.15, 0.2) is 83.3 Å². The number of amides is 2. The van der Waals surface area contributed by atoms with Crippen LogP contribution in [0.3, 0.4) is 0 Å². The molecule has 0 saturated heterocycles. The van der Waals surface area contributed by atoms with E-state index in [2.05, 4.69) is 10.6 Å². The number of furan rings is 1. The zero-order chi connectivity index (χ0) is 23.2. The minimum atomic E-state index is -0.358. The topological polar surface area (TPSA) is 80.6 Å². The molecule has 2 N–H and O–H groups in total. The number of hydrogen-bond donors (Lipinski definition) is 2. The summed E-state index contributed by atoms with van der Waals surface area (Å²) in [5.74, 6) is 0.536. The molecule has 168 valence electrons. The molecule has 6 nitrogen and oxygen atoms in total. The molecule has 0 spiro atoms. The highest BCUT2D eigenvalue weighted by Gasteiger charge is 2.21. The molecule has 2 amide bonds. The summed E-state index contributed by atoms with van der Waals surface area (Å²) < 4.78 is 11.8. The van der Waals surface area contributed by atoms with Gasteiger partial charge >= 0.3 is 0 Å². The Morgan fingerprint density at radius 1 is 0.909 bits per heavy atom. The van der Waals surface area contributed by atoms with Gasteiger partial charge in [0.15, 0.2) is 5.76 Å². The molecule has 1 aromatic heterocycles. The molecule has 4 rings (SSSR count). The van der Waals surface area contributed by atoms with Crippen LogP contribution in [0.1, 0.15) is 35.5 Å². The number of fused-ring (bicyclic) bond motifs is 1. The number of anilines is 1. The maximum atomic E-state index is 13.1. The average molecular weight is 443 g/mol. The molecule has 3 aromatic carbocycles. The first-order valence-electron chi connectivity index (χ1n) is 10.9. The van der Waals surface area contributed by atoms with E-state index in [0.717, 1.165) is 10.9 Å². The molecule has 0 aliphatic carbocycles. The van der Waals surface area contributed by atoms with E-state index in [1.807, 2.05) is 80.6 Å². The fraction of sp³-hybridized carbons (Fsp3) is 0.185. The van der Waals surface area contributed by atoms with Gasteiger partial charge in [0.25, 0.3) is 5.91 Å². The Hall–Kier alpha value is -4.06. The smallest absolute Gasteiger partial charge is 0.291 e. The van der Waals surface area contributed by atoms with Crippen molar-refractivity contribution in [2.75, 3.05) is 5.32 Å². The Morgan fingerprint density at radius 2 is 1.61 bits per heavy atom. The van der Waals surface area contributed by atoms with Crippen molar-refractivity contribution in [1.82, 2.24) is 5.32 Å². The number of ether oxygens (including phenoxy) is 1. The number of carbonyl (C=O) groups excluding carboxylic acids is 2. The lowest BCUT2D eigenvalue weighted by atomic mass is 10.1. The summed E-state index contributed by atoms with van der Waals surface area (Å²) in [4.78, 5) is 25.0. The Kier molecular flexibility index (Phi) is 6.74. The summed E-state index contributed by atoms with van der Waals surface area (Å²) in [6.07, 6.45) is 0.289. The van der Waals surface area contributed by atoms with Gasteiger partial charge in [0.1, 0.15) is 17.9 Å². The van der Waals surface area contributed by atoms with E-state index in [1.165, 1.54) is 0 Å². The SMILES string of the molecule is CC(C)NC(=O)Cc1ccc(NC(=O)c2oc3ccccc3c2COc2ccccc2)cc1. The molecule has 1 heterocycles. The Bertz CT molecular complexity index is 1240. The van der Waals surface area contributed by atoms with E-state index in [4.69, 9.17) is 9.15 Å². The fourth-order valence-corrected chi connectivity index (χ4v) is 3.55. The summed E-state index contributed by atoms with van der Waals surface area (Å²) in [6.45, 7) is 4.05. The van der Waals surface area contributed by atoms with Crippen molar-refractivity contribution < 1.29 is 18.7 Å². The van der Waals surface area contributed by atoms with E-state index in [9.17, 15) is 9.59 Å². The molecule has 33 heavy (non-hydrogen) atoms. The Balaban J connectivity index is 1.50. The van der Waals surface area contributed by atoms with Crippen LogP contribution in [0.2, 0.25) is 0 Å². The lowest BCUT2D eigenvalue weighted by Gasteiger charge is -2.10. The van der Waals surface area contributed by atoms with E-state index >= 15 is 0 Å². The van der Waals surface area contributed by atoms with Crippen molar-refractivity contribution in [2.45, 2.75) is 32.9 Å². The lowest BCUT2D eigenvalue weighted by Crippen LogP contribution is -2.31. The molecular weight excluding hydrogens is 416 g/mol. The molecule has 4 aromatic rings. The van der Waals surface area contributed by atoms with Gasteiger partial charge in [-0.2, -0.15) is 0 Å². The number of nitrogens with one attached hydrogen (secondary N) is 2. The monoisotopic (exact) mass is 442 g/mol. The van der Waals surface area contributed by atoms with Crippen LogP contribution in [0, 0.1) is 0 Å². The third-order valence-electron chi connectivity index (χ3n) is 5.06. The van der Waals surface area contributed by atoms with E-state index in [-0.39, 0.29) is 36.6 Å². The van der Waals surface area contributed by atoms with Gasteiger partial charge in [-0.1, -0.05) is 48.5 Å². The molecule has 0 aliphatic heterocycles. The molecule has 0 saturated carbocycles. The second-order valence-electron chi connectivity index (χ2n) is 8.06. The van der Waals surface area contributed by atoms with Crippen molar-refractivity contribution in [3.63, 3.8) is 0 Å². The van der Waals surface area contributed by atoms with Gasteiger partial charge in [0.2, 0.25) is 5.91 Å². The third-order valence-corrected chi connectivity index (χ3v) is 5.06. The minimum Gasteiger partial charge on any atom is -0.489 e. The molecule has 0 atom stereocenters. The first-order chi connectivity index (χ1) is 16.0. The standard InChI is InChI=1S/C27H26N2O4/c1-18(2)28-25(30)16-19-12-14-20(15-13-19)29-27(31)26-23(17-32-21-8-4-3-5-9-21)22-10-6-7-11-24(22)33-26/h3-15,18H,16-17H2,1-2H3,(H,28,30)(H,29,31). The van der Waals surface area contributed by atoms with Crippen LogP contribution in [0.4, 0.5) is 5.69 Å². The van der Waals surface area contributed by atoms with Crippen LogP contribution >= 0.6 is 0 Å². The summed E-state index contributed by atoms with van der Waals surface area (Å²) in [5.41, 5.74) is 2.80. The largest absolute Gasteiger partial charge is 0.489 e. The maximum absolute atomic E-state index is 13.1. The zero-order valence-electron chi connectivity index (χ0n) is 18.6. The van der Waals surface area contributed by atoms with Gasteiger partial charge in [-0.25, -0.2) is 0 Å². The van der Waals surface area contributed by atoms with Gasteiger partial charge in [-0.05, 0) is 49.7 Å². The molecule has 6 heteroatoms. The highest BCUT2D eigenvalue weighted by atomic mass is 16.5. The zero-order valence-corrected chi connectivity index (χ0v) is 18.6. The summed E-state index contributed by atoms with van der Waals surface area (Å²) >= 11 is 0. The van der Waals surface area contributed by atoms with Gasteiger partial charge < -0.3 is 19.8 Å². The number of rotatable bonds is 8. The first kappa shape index (κ1) is 22.1. The second-order valence-corrected chi connectivity index (χ2v) is 8.06. The summed E-state index contributed by atoms with van der Waals surface area (Å²) in [6, 6.07) is 24.3. The highest BCUT2D eigenvalue weighted by molar-refractivity contribution is 6.06. The fourth-order valence-electron chi connectivity index (χ4n) is 3.55. The molecule has 0 fully saturated rings. The van der Waals surface area contributed by atoms with E-state index < -0.39 is 0 Å². The average Bonchev–Trinajstić information content (AvgIpc) is 3.18. The molecule has 0 radical (unpaired) electrons. The molecule has 0 bridgehead atoms. The van der Waals surface area contributed by atoms with Crippen molar-refractivity contribution in [1.29, 1.82) is 0 Å². The van der Waals surface area contributed by atoms with E-state index in [0.29, 0.717) is 22.6 Å². The molecular formula is C27H26N2O4. The predicted molar refractivity (Wildman–Crippen MR) is 128 cm³/mol. The number of carbonyl (C=O) groups is 2. The number of benzene rings is 3. The van der Waals surface area contributed by atoms with Crippen molar-refractivity contribution in [2.24, 2.45) is 0 Å². The van der Waals surface area contributed by atoms with Crippen LogP contribution < -0.4 is 15.4 Å². The van der Waals surface area contributed by atoms with Crippen LogP contribution in [0.5, 0.6) is 5.75 Å². The second kappa shape index (κ2) is 10.0.